The van der Waals surface area contributed by atoms with Crippen LogP contribution in [0, 0.1) is 0 Å². The molecule has 4 rings (SSSR count). The predicted octanol–water partition coefficient (Wildman–Crippen LogP) is 3.93. The minimum Gasteiger partial charge on any atom is -0.497 e. The monoisotopic (exact) mass is 410 g/mol. The molecule has 2 aromatic carbocycles. The van der Waals surface area contributed by atoms with Crippen LogP contribution in [0.15, 0.2) is 60.8 Å². The minimum atomic E-state index is -3.19. The second-order valence-corrected chi connectivity index (χ2v) is 9.69. The van der Waals surface area contributed by atoms with Crippen LogP contribution in [0.5, 0.6) is 5.75 Å². The third kappa shape index (κ3) is 4.71. The average Bonchev–Trinajstić information content (AvgIpc) is 3.15. The molecule has 1 atom stereocenters. The lowest BCUT2D eigenvalue weighted by molar-refractivity contribution is 0.414. The average molecular weight is 411 g/mol. The van der Waals surface area contributed by atoms with Crippen molar-refractivity contribution in [1.82, 2.24) is 10.3 Å². The molecule has 1 aliphatic heterocycles. The van der Waals surface area contributed by atoms with E-state index in [1.54, 1.807) is 7.11 Å². The van der Waals surface area contributed by atoms with Crippen molar-refractivity contribution in [2.45, 2.75) is 24.6 Å². The number of H-pyrrole nitrogens is 1. The van der Waals surface area contributed by atoms with Crippen LogP contribution >= 0.6 is 0 Å². The lowest BCUT2D eigenvalue weighted by Gasteiger charge is -2.24. The molecule has 5 nitrogen and oxygen atoms in total. The molecular weight excluding hydrogens is 384 g/mol. The highest BCUT2D eigenvalue weighted by Gasteiger charge is 2.21. The SMILES string of the molecule is COc1cccc(C2=CCNC(CCS(=O)(=O)Cc3c[nH]c4ccccc34)C2)c1. The molecule has 6 heteroatoms. The van der Waals surface area contributed by atoms with E-state index in [-0.39, 0.29) is 17.5 Å². The summed E-state index contributed by atoms with van der Waals surface area (Å²) >= 11 is 0. The summed E-state index contributed by atoms with van der Waals surface area (Å²) in [4.78, 5) is 3.16. The van der Waals surface area contributed by atoms with Gasteiger partial charge in [0, 0.05) is 29.7 Å². The summed E-state index contributed by atoms with van der Waals surface area (Å²) in [6, 6.07) is 16.0. The number of nitrogens with one attached hydrogen (secondary N) is 2. The van der Waals surface area contributed by atoms with Gasteiger partial charge >= 0.3 is 0 Å². The smallest absolute Gasteiger partial charge is 0.154 e. The minimum absolute atomic E-state index is 0.0717. The van der Waals surface area contributed by atoms with Gasteiger partial charge in [-0.3, -0.25) is 0 Å². The van der Waals surface area contributed by atoms with Crippen molar-refractivity contribution < 1.29 is 13.2 Å². The van der Waals surface area contributed by atoms with Crippen LogP contribution in [-0.4, -0.2) is 38.9 Å². The Morgan fingerprint density at radius 3 is 2.86 bits per heavy atom. The number of benzene rings is 2. The van der Waals surface area contributed by atoms with Crippen LogP contribution in [-0.2, 0) is 15.6 Å². The molecule has 1 aliphatic rings. The van der Waals surface area contributed by atoms with Crippen molar-refractivity contribution in [2.24, 2.45) is 0 Å². The fraction of sp³-hybridized carbons (Fsp3) is 0.304. The lowest BCUT2D eigenvalue weighted by atomic mass is 9.94. The van der Waals surface area contributed by atoms with Gasteiger partial charge in [-0.05, 0) is 47.7 Å². The molecule has 0 amide bonds. The zero-order chi connectivity index (χ0) is 20.3. The second kappa shape index (κ2) is 8.43. The summed E-state index contributed by atoms with van der Waals surface area (Å²) in [5, 5.41) is 4.41. The molecule has 29 heavy (non-hydrogen) atoms. The van der Waals surface area contributed by atoms with Crippen molar-refractivity contribution >= 4 is 26.3 Å². The topological polar surface area (TPSA) is 71.2 Å². The maximum Gasteiger partial charge on any atom is 0.154 e. The predicted molar refractivity (Wildman–Crippen MR) is 118 cm³/mol. The van der Waals surface area contributed by atoms with Gasteiger partial charge in [-0.2, -0.15) is 0 Å². The first kappa shape index (κ1) is 19.7. The standard InChI is InChI=1S/C23H26N2O3S/c1-28-21-6-4-5-17(14-21)18-9-11-24-20(13-18)10-12-29(26,27)16-19-15-25-23-8-3-2-7-22(19)23/h2-9,14-15,20,24-25H,10-13,16H2,1H3. The Balaban J connectivity index is 1.39. The highest BCUT2D eigenvalue weighted by Crippen LogP contribution is 2.27. The Morgan fingerprint density at radius 1 is 1.14 bits per heavy atom. The Kier molecular flexibility index (Phi) is 5.74. The van der Waals surface area contributed by atoms with E-state index in [9.17, 15) is 8.42 Å². The zero-order valence-electron chi connectivity index (χ0n) is 16.5. The Hall–Kier alpha value is -2.57. The van der Waals surface area contributed by atoms with Crippen LogP contribution in [0.1, 0.15) is 24.0 Å². The molecule has 0 spiro atoms. The molecule has 152 valence electrons. The van der Waals surface area contributed by atoms with E-state index in [0.717, 1.165) is 40.7 Å². The first-order chi connectivity index (χ1) is 14.0. The normalized spacial score (nSPS) is 17.3. The molecular formula is C23H26N2O3S. The summed E-state index contributed by atoms with van der Waals surface area (Å²) < 4.78 is 30.8. The van der Waals surface area contributed by atoms with Gasteiger partial charge in [0.2, 0.25) is 0 Å². The summed E-state index contributed by atoms with van der Waals surface area (Å²) in [6.07, 6.45) is 5.40. The van der Waals surface area contributed by atoms with Gasteiger partial charge in [0.15, 0.2) is 9.84 Å². The van der Waals surface area contributed by atoms with E-state index >= 15 is 0 Å². The molecule has 1 aromatic heterocycles. The molecule has 2 N–H and O–H groups in total. The van der Waals surface area contributed by atoms with Crippen LogP contribution < -0.4 is 10.1 Å². The quantitative estimate of drug-likeness (QED) is 0.619. The summed E-state index contributed by atoms with van der Waals surface area (Å²) in [5.74, 6) is 1.08. The molecule has 0 fully saturated rings. The van der Waals surface area contributed by atoms with Crippen molar-refractivity contribution in [2.75, 3.05) is 19.4 Å². The molecule has 0 aliphatic carbocycles. The summed E-state index contributed by atoms with van der Waals surface area (Å²) in [7, 11) is -1.52. The number of fused-ring (bicyclic) bond motifs is 1. The van der Waals surface area contributed by atoms with Crippen molar-refractivity contribution in [3.05, 3.63) is 71.9 Å². The van der Waals surface area contributed by atoms with Crippen molar-refractivity contribution in [1.29, 1.82) is 0 Å². The van der Waals surface area contributed by atoms with E-state index < -0.39 is 9.84 Å². The van der Waals surface area contributed by atoms with Gasteiger partial charge in [-0.25, -0.2) is 8.42 Å². The number of hydrogen-bond acceptors (Lipinski definition) is 4. The number of methoxy groups -OCH3 is 1. The summed E-state index contributed by atoms with van der Waals surface area (Å²) in [6.45, 7) is 0.750. The molecule has 0 radical (unpaired) electrons. The van der Waals surface area contributed by atoms with Crippen molar-refractivity contribution in [3.8, 4) is 5.75 Å². The Morgan fingerprint density at radius 2 is 2.00 bits per heavy atom. The number of hydrogen-bond donors (Lipinski definition) is 2. The van der Waals surface area contributed by atoms with Crippen LogP contribution in [0.3, 0.4) is 0 Å². The fourth-order valence-corrected chi connectivity index (χ4v) is 5.41. The molecule has 3 aromatic rings. The summed E-state index contributed by atoms with van der Waals surface area (Å²) in [5.41, 5.74) is 4.19. The van der Waals surface area contributed by atoms with Crippen LogP contribution in [0.2, 0.25) is 0 Å². The van der Waals surface area contributed by atoms with E-state index in [1.165, 1.54) is 5.57 Å². The molecule has 0 bridgehead atoms. The maximum absolute atomic E-state index is 12.7. The number of ether oxygens (including phenoxy) is 1. The van der Waals surface area contributed by atoms with Crippen molar-refractivity contribution in [3.63, 3.8) is 0 Å². The highest BCUT2D eigenvalue weighted by atomic mass is 32.2. The second-order valence-electron chi connectivity index (χ2n) is 7.51. The first-order valence-corrected chi connectivity index (χ1v) is 11.7. The number of sulfone groups is 1. The number of aromatic nitrogens is 1. The van der Waals surface area contributed by atoms with Gasteiger partial charge in [-0.15, -0.1) is 0 Å². The van der Waals surface area contributed by atoms with Gasteiger partial charge in [0.05, 0.1) is 18.6 Å². The van der Waals surface area contributed by atoms with Gasteiger partial charge in [0.1, 0.15) is 5.75 Å². The third-order valence-corrected chi connectivity index (χ3v) is 7.10. The van der Waals surface area contributed by atoms with Crippen LogP contribution in [0.25, 0.3) is 16.5 Å². The van der Waals surface area contributed by atoms with E-state index in [4.69, 9.17) is 4.74 Å². The number of aromatic amines is 1. The Bertz CT molecular complexity index is 1130. The molecule has 0 saturated carbocycles. The maximum atomic E-state index is 12.7. The first-order valence-electron chi connectivity index (χ1n) is 9.86. The third-order valence-electron chi connectivity index (χ3n) is 5.49. The number of rotatable bonds is 7. The van der Waals surface area contributed by atoms with Gasteiger partial charge < -0.3 is 15.0 Å². The van der Waals surface area contributed by atoms with E-state index in [2.05, 4.69) is 22.4 Å². The molecule has 1 unspecified atom stereocenters. The Labute approximate surface area is 171 Å². The number of para-hydroxylation sites is 1. The van der Waals surface area contributed by atoms with Gasteiger partial charge in [0.25, 0.3) is 0 Å². The van der Waals surface area contributed by atoms with E-state index in [1.807, 2.05) is 48.7 Å². The lowest BCUT2D eigenvalue weighted by Crippen LogP contribution is -2.34. The largest absolute Gasteiger partial charge is 0.497 e. The van der Waals surface area contributed by atoms with Gasteiger partial charge in [-0.1, -0.05) is 36.4 Å². The molecule has 2 heterocycles. The molecule has 0 saturated heterocycles. The van der Waals surface area contributed by atoms with E-state index in [0.29, 0.717) is 6.42 Å². The fourth-order valence-electron chi connectivity index (χ4n) is 3.91. The van der Waals surface area contributed by atoms with Crippen LogP contribution in [0.4, 0.5) is 0 Å². The zero-order valence-corrected chi connectivity index (χ0v) is 17.3. The highest BCUT2D eigenvalue weighted by molar-refractivity contribution is 7.90.